The van der Waals surface area contributed by atoms with Gasteiger partial charge >= 0.3 is 10.2 Å². The highest BCUT2D eigenvalue weighted by Gasteiger charge is 2.32. The van der Waals surface area contributed by atoms with Crippen molar-refractivity contribution in [1.29, 1.82) is 0 Å². The van der Waals surface area contributed by atoms with Gasteiger partial charge in [0.2, 0.25) is 5.95 Å². The first-order valence-corrected chi connectivity index (χ1v) is 12.3. The SMILES string of the molecule is Cl.Cn1c(=O)c(-c2c(F)ccc(NS(=O)(=O)N3CC[C@@H](F)C3)c2F)cc2cnc(NC3CNC3)nc21. The van der Waals surface area contributed by atoms with Crippen LogP contribution in [0.2, 0.25) is 0 Å². The molecule has 1 atom stereocenters. The van der Waals surface area contributed by atoms with Crippen LogP contribution in [0.25, 0.3) is 22.2 Å². The lowest BCUT2D eigenvalue weighted by atomic mass is 10.0. The minimum atomic E-state index is -4.28. The normalized spacial score (nSPS) is 18.6. The molecule has 2 saturated heterocycles. The first-order valence-electron chi connectivity index (χ1n) is 10.9. The summed E-state index contributed by atoms with van der Waals surface area (Å²) < 4.78 is 72.8. The van der Waals surface area contributed by atoms with Crippen LogP contribution in [-0.4, -0.2) is 65.7 Å². The molecule has 10 nitrogen and oxygen atoms in total. The molecule has 2 aromatic heterocycles. The fraction of sp³-hybridized carbons (Fsp3) is 0.381. The second-order valence-electron chi connectivity index (χ2n) is 8.53. The lowest BCUT2D eigenvalue weighted by molar-refractivity contribution is 0.343. The van der Waals surface area contributed by atoms with Crippen molar-refractivity contribution in [3.05, 3.63) is 46.4 Å². The molecule has 2 aliphatic heterocycles. The van der Waals surface area contributed by atoms with Crippen molar-refractivity contribution >= 4 is 45.3 Å². The quantitative estimate of drug-likeness (QED) is 0.432. The van der Waals surface area contributed by atoms with Gasteiger partial charge in [-0.3, -0.25) is 14.1 Å². The highest BCUT2D eigenvalue weighted by Crippen LogP contribution is 2.31. The fourth-order valence-corrected chi connectivity index (χ4v) is 5.32. The van der Waals surface area contributed by atoms with Crippen LogP contribution < -0.4 is 20.9 Å². The molecule has 4 heterocycles. The Morgan fingerprint density at radius 2 is 1.97 bits per heavy atom. The highest BCUT2D eigenvalue weighted by atomic mass is 35.5. The number of fused-ring (bicyclic) bond motifs is 1. The van der Waals surface area contributed by atoms with Crippen molar-refractivity contribution in [3.8, 4) is 11.1 Å². The maximum absolute atomic E-state index is 15.4. The predicted octanol–water partition coefficient (Wildman–Crippen LogP) is 1.78. The Kier molecular flexibility index (Phi) is 7.14. The number of hydrogen-bond donors (Lipinski definition) is 3. The van der Waals surface area contributed by atoms with Crippen molar-refractivity contribution in [2.45, 2.75) is 18.6 Å². The maximum atomic E-state index is 15.4. The van der Waals surface area contributed by atoms with E-state index in [-0.39, 0.29) is 49.2 Å². The third kappa shape index (κ3) is 4.73. The Balaban J connectivity index is 0.00000304. The zero-order valence-electron chi connectivity index (χ0n) is 19.0. The Morgan fingerprint density at radius 3 is 2.61 bits per heavy atom. The van der Waals surface area contributed by atoms with Crippen molar-refractivity contribution in [1.82, 2.24) is 24.2 Å². The van der Waals surface area contributed by atoms with Crippen LogP contribution in [0.3, 0.4) is 0 Å². The zero-order chi connectivity index (χ0) is 24.9. The van der Waals surface area contributed by atoms with Gasteiger partial charge < -0.3 is 10.6 Å². The molecule has 0 aliphatic carbocycles. The van der Waals surface area contributed by atoms with Crippen LogP contribution in [0.5, 0.6) is 0 Å². The Bertz CT molecular complexity index is 1480. The van der Waals surface area contributed by atoms with E-state index in [2.05, 4.69) is 20.6 Å². The number of hydrogen-bond acceptors (Lipinski definition) is 7. The topological polar surface area (TPSA) is 121 Å². The van der Waals surface area contributed by atoms with Crippen molar-refractivity contribution in [3.63, 3.8) is 0 Å². The van der Waals surface area contributed by atoms with Gasteiger partial charge in [-0.05, 0) is 24.6 Å². The van der Waals surface area contributed by atoms with E-state index in [1.807, 2.05) is 4.72 Å². The van der Waals surface area contributed by atoms with Gasteiger partial charge in [-0.1, -0.05) is 0 Å². The maximum Gasteiger partial charge on any atom is 0.301 e. The van der Waals surface area contributed by atoms with E-state index in [9.17, 15) is 22.0 Å². The van der Waals surface area contributed by atoms with E-state index in [0.717, 1.165) is 34.1 Å². The third-order valence-corrected chi connectivity index (χ3v) is 7.59. The molecular weight excluding hydrogens is 523 g/mol. The van der Waals surface area contributed by atoms with E-state index in [4.69, 9.17) is 0 Å². The second kappa shape index (κ2) is 9.84. The van der Waals surface area contributed by atoms with Gasteiger partial charge in [0, 0.05) is 44.8 Å². The Hall–Kier alpha value is -2.94. The summed E-state index contributed by atoms with van der Waals surface area (Å²) in [5, 5.41) is 6.59. The van der Waals surface area contributed by atoms with Crippen LogP contribution >= 0.6 is 12.4 Å². The molecule has 2 aliphatic rings. The predicted molar refractivity (Wildman–Crippen MR) is 131 cm³/mol. The van der Waals surface area contributed by atoms with E-state index in [1.54, 1.807) is 0 Å². The summed E-state index contributed by atoms with van der Waals surface area (Å²) in [6, 6.07) is 3.20. The zero-order valence-corrected chi connectivity index (χ0v) is 20.6. The van der Waals surface area contributed by atoms with Gasteiger partial charge in [-0.25, -0.2) is 18.2 Å². The molecule has 15 heteroatoms. The fourth-order valence-electron chi connectivity index (χ4n) is 4.06. The van der Waals surface area contributed by atoms with Gasteiger partial charge in [0.1, 0.15) is 17.6 Å². The molecule has 0 amide bonds. The number of aromatic nitrogens is 3. The summed E-state index contributed by atoms with van der Waals surface area (Å²) in [7, 11) is -2.86. The molecule has 5 rings (SSSR count). The van der Waals surface area contributed by atoms with Gasteiger partial charge in [0.05, 0.1) is 22.9 Å². The largest absolute Gasteiger partial charge is 0.349 e. The molecule has 0 spiro atoms. The number of benzene rings is 1. The van der Waals surface area contributed by atoms with Crippen LogP contribution in [0.4, 0.5) is 24.8 Å². The van der Waals surface area contributed by atoms with E-state index in [0.29, 0.717) is 11.3 Å². The van der Waals surface area contributed by atoms with Gasteiger partial charge in [-0.15, -0.1) is 12.4 Å². The van der Waals surface area contributed by atoms with E-state index >= 15 is 4.39 Å². The van der Waals surface area contributed by atoms with Crippen LogP contribution in [0.15, 0.2) is 29.2 Å². The highest BCUT2D eigenvalue weighted by molar-refractivity contribution is 7.90. The van der Waals surface area contributed by atoms with E-state index in [1.165, 1.54) is 19.3 Å². The average Bonchev–Trinajstić information content (AvgIpc) is 3.24. The number of anilines is 2. The molecule has 0 unspecified atom stereocenters. The molecule has 2 fully saturated rings. The Labute approximate surface area is 210 Å². The van der Waals surface area contributed by atoms with Gasteiger partial charge in [-0.2, -0.15) is 17.7 Å². The first kappa shape index (κ1) is 26.1. The standard InChI is InChI=1S/C21H22F3N7O3S.ClH/c1-30-19-11(7-26-21(28-19)27-13-8-25-9-13)6-14(20(30)32)17-15(23)2-3-16(18(17)24)29-35(33,34)31-5-4-12(22)10-31;/h2-3,6-7,12-13,25,29H,4-5,8-10H2,1H3,(H,26,27,28);1H/t12-;/m1./s1. The van der Waals surface area contributed by atoms with Crippen LogP contribution in [0.1, 0.15) is 6.42 Å². The summed E-state index contributed by atoms with van der Waals surface area (Å²) in [4.78, 5) is 21.6. The molecule has 194 valence electrons. The number of nitrogens with zero attached hydrogens (tertiary/aromatic N) is 4. The lowest BCUT2D eigenvalue weighted by Crippen LogP contribution is -2.51. The minimum absolute atomic E-state index is 0. The summed E-state index contributed by atoms with van der Waals surface area (Å²) >= 11 is 0. The summed E-state index contributed by atoms with van der Waals surface area (Å²) in [6.07, 6.45) is 0.148. The molecule has 3 aromatic rings. The van der Waals surface area contributed by atoms with Gasteiger partial charge in [0.15, 0.2) is 5.82 Å². The molecule has 36 heavy (non-hydrogen) atoms. The van der Waals surface area contributed by atoms with Crippen molar-refractivity contribution < 1.29 is 21.6 Å². The number of nitrogens with one attached hydrogen (secondary N) is 3. The molecule has 0 radical (unpaired) electrons. The van der Waals surface area contributed by atoms with E-state index < -0.39 is 44.8 Å². The molecular formula is C21H23ClF3N7O3S. The Morgan fingerprint density at radius 1 is 1.22 bits per heavy atom. The number of halogens is 4. The molecule has 0 saturated carbocycles. The molecule has 0 bridgehead atoms. The molecule has 3 N–H and O–H groups in total. The number of alkyl halides is 1. The number of pyridine rings is 1. The number of aryl methyl sites for hydroxylation is 1. The average molecular weight is 546 g/mol. The smallest absolute Gasteiger partial charge is 0.301 e. The van der Waals surface area contributed by atoms with Crippen LogP contribution in [0, 0.1) is 11.6 Å². The second-order valence-corrected chi connectivity index (χ2v) is 10.2. The number of rotatable bonds is 6. The van der Waals surface area contributed by atoms with Crippen molar-refractivity contribution in [2.24, 2.45) is 7.05 Å². The third-order valence-electron chi connectivity index (χ3n) is 6.10. The summed E-state index contributed by atoms with van der Waals surface area (Å²) in [6.45, 7) is 1.09. The van der Waals surface area contributed by atoms with Gasteiger partial charge in [0.25, 0.3) is 5.56 Å². The minimum Gasteiger partial charge on any atom is -0.349 e. The monoisotopic (exact) mass is 545 g/mol. The summed E-state index contributed by atoms with van der Waals surface area (Å²) in [5.74, 6) is -2.00. The van der Waals surface area contributed by atoms with Crippen molar-refractivity contribution in [2.75, 3.05) is 36.2 Å². The lowest BCUT2D eigenvalue weighted by Gasteiger charge is -2.27. The summed E-state index contributed by atoms with van der Waals surface area (Å²) in [5.41, 5.74) is -2.05. The van der Waals surface area contributed by atoms with Crippen LogP contribution in [-0.2, 0) is 17.3 Å². The first-order chi connectivity index (χ1) is 16.6. The molecule has 1 aromatic carbocycles.